The fraction of sp³-hybridized carbons (Fsp3) is 0.545. The molecular formula is C11H15N5O9P2-4. The molecule has 14 nitrogen and oxygen atoms in total. The van der Waals surface area contributed by atoms with Crippen molar-refractivity contribution in [1.29, 1.82) is 0 Å². The van der Waals surface area contributed by atoms with E-state index in [1.165, 1.54) is 10.9 Å². The average molecular weight is 423 g/mol. The third kappa shape index (κ3) is 7.13. The predicted octanol–water partition coefficient (Wildman–Crippen LogP) is -3.91. The van der Waals surface area contributed by atoms with Crippen LogP contribution in [0.1, 0.15) is 0 Å². The van der Waals surface area contributed by atoms with Crippen molar-refractivity contribution in [1.82, 2.24) is 19.5 Å². The number of nitrogens with one attached hydrogen (secondary N) is 1. The van der Waals surface area contributed by atoms with E-state index in [9.17, 15) is 33.5 Å². The zero-order valence-electron chi connectivity index (χ0n) is 13.7. The molecule has 0 aliphatic rings. The maximum Gasteiger partial charge on any atom is 0.280 e. The van der Waals surface area contributed by atoms with Crippen molar-refractivity contribution in [3.63, 3.8) is 0 Å². The first-order chi connectivity index (χ1) is 12.4. The number of rotatable bonds is 10. The van der Waals surface area contributed by atoms with Crippen LogP contribution in [0.3, 0.4) is 0 Å². The van der Waals surface area contributed by atoms with Gasteiger partial charge in [0.25, 0.3) is 5.56 Å². The van der Waals surface area contributed by atoms with Gasteiger partial charge in [0.05, 0.1) is 32.2 Å². The van der Waals surface area contributed by atoms with Crippen molar-refractivity contribution in [3.8, 4) is 0 Å². The van der Waals surface area contributed by atoms with E-state index < -0.39 is 39.4 Å². The lowest BCUT2D eigenvalue weighted by Crippen LogP contribution is -2.26. The number of anilines is 1. The topological polar surface area (TPSA) is 234 Å². The number of hydrogen-bond acceptors (Lipinski definition) is 12. The number of ether oxygens (including phenoxy) is 2. The van der Waals surface area contributed by atoms with Crippen LogP contribution in [0.25, 0.3) is 11.2 Å². The van der Waals surface area contributed by atoms with Crippen LogP contribution < -0.4 is 30.9 Å². The van der Waals surface area contributed by atoms with Crippen molar-refractivity contribution in [3.05, 3.63) is 16.7 Å². The number of imidazole rings is 1. The molecule has 2 heterocycles. The predicted molar refractivity (Wildman–Crippen MR) is 82.9 cm³/mol. The first-order valence-electron chi connectivity index (χ1n) is 7.33. The van der Waals surface area contributed by atoms with Gasteiger partial charge in [-0.3, -0.25) is 9.78 Å². The quantitative estimate of drug-likeness (QED) is 0.349. The van der Waals surface area contributed by atoms with Crippen molar-refractivity contribution in [2.45, 2.75) is 6.54 Å². The zero-order chi connectivity index (χ0) is 20.2. The molecule has 2 rings (SSSR count). The highest BCUT2D eigenvalue weighted by Gasteiger charge is 2.16. The van der Waals surface area contributed by atoms with E-state index in [2.05, 4.69) is 15.0 Å². The van der Waals surface area contributed by atoms with Crippen LogP contribution in [0.5, 0.6) is 0 Å². The third-order valence-electron chi connectivity index (χ3n) is 3.15. The van der Waals surface area contributed by atoms with Gasteiger partial charge in [-0.25, -0.2) is 4.98 Å². The molecule has 0 aliphatic heterocycles. The summed E-state index contributed by atoms with van der Waals surface area (Å²) in [4.78, 5) is 64.4. The minimum Gasteiger partial charge on any atom is -0.809 e. The van der Waals surface area contributed by atoms with Crippen LogP contribution in [0.4, 0.5) is 5.95 Å². The molecule has 152 valence electrons. The number of nitrogen functional groups attached to an aromatic ring is 1. The Morgan fingerprint density at radius 3 is 2.22 bits per heavy atom. The van der Waals surface area contributed by atoms with Gasteiger partial charge in [-0.2, -0.15) is 4.98 Å². The molecular weight excluding hydrogens is 408 g/mol. The standard InChI is InChI=1S/C11H19N5O9P2/c12-11-14-9-8(10(17)15-11)13-4-16(9)1-7(2-24-5-26(18,19)20)3-25-6-27(21,22)23/h4,7H,1-3,5-6H2,(H2,18,19,20)(H2,21,22,23)(H3,12,14,15,17)/p-4. The molecule has 27 heavy (non-hydrogen) atoms. The summed E-state index contributed by atoms with van der Waals surface area (Å²) in [5.41, 5.74) is 5.03. The lowest BCUT2D eigenvalue weighted by Gasteiger charge is -2.31. The van der Waals surface area contributed by atoms with Crippen LogP contribution in [-0.4, -0.2) is 45.4 Å². The van der Waals surface area contributed by atoms with Gasteiger partial charge in [-0.15, -0.1) is 0 Å². The minimum atomic E-state index is -4.90. The maximum absolute atomic E-state index is 11.8. The zero-order valence-corrected chi connectivity index (χ0v) is 15.5. The average Bonchev–Trinajstić information content (AvgIpc) is 2.87. The van der Waals surface area contributed by atoms with Crippen molar-refractivity contribution in [2.75, 3.05) is 31.6 Å². The third-order valence-corrected chi connectivity index (χ3v) is 4.15. The summed E-state index contributed by atoms with van der Waals surface area (Å²) in [6.45, 7) is -0.625. The Kier molecular flexibility index (Phi) is 6.89. The molecule has 0 saturated heterocycles. The van der Waals surface area contributed by atoms with Crippen molar-refractivity contribution < 1.29 is 38.2 Å². The molecule has 0 radical (unpaired) electrons. The monoisotopic (exact) mass is 423 g/mol. The van der Waals surface area contributed by atoms with Gasteiger partial charge in [-0.1, -0.05) is 0 Å². The maximum atomic E-state index is 11.8. The molecule has 2 aromatic heterocycles. The second-order valence-corrected chi connectivity index (χ2v) is 8.57. The number of aromatic nitrogens is 4. The molecule has 16 heteroatoms. The molecule has 2 aromatic rings. The van der Waals surface area contributed by atoms with Gasteiger partial charge >= 0.3 is 0 Å². The number of aromatic amines is 1. The van der Waals surface area contributed by atoms with Crippen LogP contribution in [0.2, 0.25) is 0 Å². The van der Waals surface area contributed by atoms with Gasteiger partial charge in [0.1, 0.15) is 0 Å². The fourth-order valence-electron chi connectivity index (χ4n) is 2.20. The first kappa shape index (κ1) is 21.7. The molecule has 0 fully saturated rings. The van der Waals surface area contributed by atoms with E-state index in [1.807, 2.05) is 0 Å². The number of hydrogen-bond donors (Lipinski definition) is 2. The highest BCUT2D eigenvalue weighted by Crippen LogP contribution is 2.24. The molecule has 0 spiro atoms. The van der Waals surface area contributed by atoms with Gasteiger partial charge in [-0.05, 0) is 15.2 Å². The lowest BCUT2D eigenvalue weighted by molar-refractivity contribution is -0.319. The Bertz CT molecular complexity index is 904. The van der Waals surface area contributed by atoms with Crippen molar-refractivity contribution >= 4 is 32.3 Å². The van der Waals surface area contributed by atoms with Crippen LogP contribution in [0.15, 0.2) is 11.1 Å². The second-order valence-electron chi connectivity index (χ2n) is 5.61. The van der Waals surface area contributed by atoms with Gasteiger partial charge in [0.2, 0.25) is 5.95 Å². The number of nitrogens with two attached hydrogens (primary N) is 1. The van der Waals surface area contributed by atoms with E-state index in [-0.39, 0.29) is 36.9 Å². The Morgan fingerprint density at radius 2 is 1.70 bits per heavy atom. The highest BCUT2D eigenvalue weighted by molar-refractivity contribution is 7.48. The fourth-order valence-corrected chi connectivity index (χ4v) is 2.86. The summed E-state index contributed by atoms with van der Waals surface area (Å²) in [6.07, 6.45) is -0.876. The summed E-state index contributed by atoms with van der Waals surface area (Å²) >= 11 is 0. The summed E-state index contributed by atoms with van der Waals surface area (Å²) < 4.78 is 32.3. The highest BCUT2D eigenvalue weighted by atomic mass is 31.2. The molecule has 0 bridgehead atoms. The molecule has 0 amide bonds. The summed E-state index contributed by atoms with van der Waals surface area (Å²) in [6, 6.07) is 0. The van der Waals surface area contributed by atoms with E-state index in [0.717, 1.165) is 0 Å². The Labute approximate surface area is 151 Å². The largest absolute Gasteiger partial charge is 0.809 e. The number of nitrogens with zero attached hydrogens (tertiary/aromatic N) is 3. The van der Waals surface area contributed by atoms with Crippen LogP contribution in [-0.2, 0) is 25.1 Å². The van der Waals surface area contributed by atoms with Gasteiger partial charge in [0.15, 0.2) is 11.2 Å². The smallest absolute Gasteiger partial charge is 0.280 e. The van der Waals surface area contributed by atoms with Crippen molar-refractivity contribution in [2.24, 2.45) is 5.92 Å². The van der Waals surface area contributed by atoms with Gasteiger partial charge < -0.3 is 48.5 Å². The summed E-state index contributed by atoms with van der Waals surface area (Å²) in [7, 11) is -9.80. The van der Waals surface area contributed by atoms with E-state index in [0.29, 0.717) is 0 Å². The van der Waals surface area contributed by atoms with E-state index in [1.54, 1.807) is 0 Å². The second kappa shape index (κ2) is 8.59. The molecule has 3 N–H and O–H groups in total. The molecule has 0 atom stereocenters. The molecule has 0 saturated carbocycles. The molecule has 0 aliphatic carbocycles. The Morgan fingerprint density at radius 1 is 1.15 bits per heavy atom. The Balaban J connectivity index is 2.13. The first-order valence-corrected chi connectivity index (χ1v) is 10.8. The number of H-pyrrole nitrogens is 1. The lowest BCUT2D eigenvalue weighted by atomic mass is 10.2. The Hall–Kier alpha value is -1.63. The summed E-state index contributed by atoms with van der Waals surface area (Å²) in [5, 5.41) is 0. The van der Waals surface area contributed by atoms with Crippen LogP contribution in [0, 0.1) is 5.92 Å². The molecule has 0 unspecified atom stereocenters. The van der Waals surface area contributed by atoms with Gasteiger partial charge in [0, 0.05) is 12.5 Å². The minimum absolute atomic E-state index is 0.00276. The SMILES string of the molecule is Nc1nc2c(ncn2CC(COCP(=O)([O-])[O-])COCP(=O)([O-])[O-])c(=O)[nH]1. The molecule has 0 aromatic carbocycles. The van der Waals surface area contributed by atoms with Crippen LogP contribution >= 0.6 is 15.2 Å². The number of fused-ring (bicyclic) bond motifs is 1. The van der Waals surface area contributed by atoms with E-state index >= 15 is 0 Å². The van der Waals surface area contributed by atoms with E-state index in [4.69, 9.17) is 15.2 Å². The summed E-state index contributed by atoms with van der Waals surface area (Å²) in [5.74, 6) is -0.849. The normalized spacial score (nSPS) is 12.9.